The van der Waals surface area contributed by atoms with Crippen molar-refractivity contribution in [3.8, 4) is 10.4 Å². The van der Waals surface area contributed by atoms with Crippen LogP contribution in [0.2, 0.25) is 0 Å². The third-order valence-electron chi connectivity index (χ3n) is 2.90. The normalized spacial score (nSPS) is 11.1. The molecule has 0 radical (unpaired) electrons. The van der Waals surface area contributed by atoms with Gasteiger partial charge in [-0.2, -0.15) is 0 Å². The van der Waals surface area contributed by atoms with Gasteiger partial charge in [-0.3, -0.25) is 14.2 Å². The Hall–Kier alpha value is -1.64. The zero-order valence-electron chi connectivity index (χ0n) is 11.0. The fourth-order valence-corrected chi connectivity index (χ4v) is 4.44. The molecule has 0 saturated carbocycles. The van der Waals surface area contributed by atoms with Crippen molar-refractivity contribution in [2.75, 3.05) is 5.75 Å². The minimum absolute atomic E-state index is 0.100. The van der Waals surface area contributed by atoms with Gasteiger partial charge in [-0.1, -0.05) is 17.8 Å². The van der Waals surface area contributed by atoms with E-state index in [9.17, 15) is 9.59 Å². The highest BCUT2D eigenvalue weighted by Gasteiger charge is 2.16. The summed E-state index contributed by atoms with van der Waals surface area (Å²) >= 11 is 4.21. The maximum atomic E-state index is 12.6. The standard InChI is InChI=1S/C13H11N3O2S3/c1-16-12(18)10-7(8-3-2-4-19-8)5-20-11(10)15-13(16)21-6-9(14)17/h2-5H,6H2,1H3,(H2,14,17). The third kappa shape index (κ3) is 2.61. The zero-order valence-corrected chi connectivity index (χ0v) is 13.5. The molecule has 3 aromatic rings. The maximum Gasteiger partial charge on any atom is 0.263 e. The number of carbonyl (C=O) groups excluding carboxylic acids is 1. The van der Waals surface area contributed by atoms with Gasteiger partial charge in [-0.05, 0) is 11.4 Å². The van der Waals surface area contributed by atoms with Crippen LogP contribution in [0, 0.1) is 0 Å². The average molecular weight is 337 g/mol. The van der Waals surface area contributed by atoms with Crippen molar-refractivity contribution in [3.05, 3.63) is 33.2 Å². The largest absolute Gasteiger partial charge is 0.369 e. The molecule has 1 amide bonds. The molecule has 0 aliphatic carbocycles. The monoisotopic (exact) mass is 337 g/mol. The molecule has 0 fully saturated rings. The minimum atomic E-state index is -0.431. The van der Waals surface area contributed by atoms with Gasteiger partial charge in [0.15, 0.2) is 5.16 Å². The molecule has 0 unspecified atom stereocenters. The van der Waals surface area contributed by atoms with Crippen LogP contribution in [0.25, 0.3) is 20.7 Å². The Bertz CT molecular complexity index is 865. The van der Waals surface area contributed by atoms with Crippen LogP contribution >= 0.6 is 34.4 Å². The van der Waals surface area contributed by atoms with Crippen molar-refractivity contribution in [2.45, 2.75) is 5.16 Å². The lowest BCUT2D eigenvalue weighted by Gasteiger charge is -2.06. The van der Waals surface area contributed by atoms with Crippen LogP contribution in [0.5, 0.6) is 0 Å². The van der Waals surface area contributed by atoms with Crippen LogP contribution in [-0.4, -0.2) is 21.2 Å². The van der Waals surface area contributed by atoms with Gasteiger partial charge in [0.2, 0.25) is 5.91 Å². The number of primary amides is 1. The van der Waals surface area contributed by atoms with E-state index >= 15 is 0 Å². The van der Waals surface area contributed by atoms with Crippen LogP contribution in [-0.2, 0) is 11.8 Å². The summed E-state index contributed by atoms with van der Waals surface area (Å²) < 4.78 is 1.47. The van der Waals surface area contributed by atoms with Gasteiger partial charge < -0.3 is 5.73 Å². The molecule has 0 aliphatic heterocycles. The van der Waals surface area contributed by atoms with E-state index in [1.54, 1.807) is 18.4 Å². The van der Waals surface area contributed by atoms with Gasteiger partial charge >= 0.3 is 0 Å². The second-order valence-electron chi connectivity index (χ2n) is 4.32. The van der Waals surface area contributed by atoms with Crippen LogP contribution in [0.4, 0.5) is 0 Å². The number of fused-ring (bicyclic) bond motifs is 1. The quantitative estimate of drug-likeness (QED) is 0.585. The molecule has 3 aromatic heterocycles. The van der Waals surface area contributed by atoms with E-state index in [2.05, 4.69) is 4.98 Å². The minimum Gasteiger partial charge on any atom is -0.369 e. The molecular formula is C13H11N3O2S3. The Kier molecular flexibility index (Phi) is 3.83. The zero-order chi connectivity index (χ0) is 15.0. The second-order valence-corrected chi connectivity index (χ2v) is 7.07. The Labute approximate surface area is 132 Å². The number of hydrogen-bond acceptors (Lipinski definition) is 6. The molecule has 3 rings (SSSR count). The maximum absolute atomic E-state index is 12.6. The first-order valence-electron chi connectivity index (χ1n) is 6.01. The average Bonchev–Trinajstić information content (AvgIpc) is 3.09. The van der Waals surface area contributed by atoms with Crippen molar-refractivity contribution in [1.82, 2.24) is 9.55 Å². The number of aromatic nitrogens is 2. The fraction of sp³-hybridized carbons (Fsp3) is 0.154. The molecule has 0 spiro atoms. The number of nitrogens with zero attached hydrogens (tertiary/aromatic N) is 2. The lowest BCUT2D eigenvalue weighted by atomic mass is 10.2. The van der Waals surface area contributed by atoms with Crippen molar-refractivity contribution < 1.29 is 4.79 Å². The van der Waals surface area contributed by atoms with Crippen LogP contribution in [0.15, 0.2) is 32.8 Å². The van der Waals surface area contributed by atoms with Crippen molar-refractivity contribution in [3.63, 3.8) is 0 Å². The van der Waals surface area contributed by atoms with Gasteiger partial charge in [0.25, 0.3) is 5.56 Å². The summed E-state index contributed by atoms with van der Waals surface area (Å²) in [7, 11) is 1.66. The summed E-state index contributed by atoms with van der Waals surface area (Å²) in [5.74, 6) is -0.325. The fourth-order valence-electron chi connectivity index (χ4n) is 1.93. The van der Waals surface area contributed by atoms with E-state index in [1.807, 2.05) is 22.9 Å². The SMILES string of the molecule is Cn1c(SCC(N)=O)nc2scc(-c3cccs3)c2c1=O. The molecule has 8 heteroatoms. The van der Waals surface area contributed by atoms with Gasteiger partial charge in [0, 0.05) is 22.9 Å². The van der Waals surface area contributed by atoms with E-state index in [1.165, 1.54) is 27.7 Å². The lowest BCUT2D eigenvalue weighted by Crippen LogP contribution is -2.21. The summed E-state index contributed by atoms with van der Waals surface area (Å²) in [6, 6.07) is 3.94. The topological polar surface area (TPSA) is 78.0 Å². The smallest absolute Gasteiger partial charge is 0.263 e. The molecular weight excluding hydrogens is 326 g/mol. The molecule has 2 N–H and O–H groups in total. The van der Waals surface area contributed by atoms with E-state index in [0.29, 0.717) is 15.4 Å². The number of thioether (sulfide) groups is 1. The molecule has 0 saturated heterocycles. The van der Waals surface area contributed by atoms with E-state index < -0.39 is 5.91 Å². The van der Waals surface area contributed by atoms with E-state index in [0.717, 1.165) is 10.4 Å². The summed E-state index contributed by atoms with van der Waals surface area (Å²) in [4.78, 5) is 29.7. The highest BCUT2D eigenvalue weighted by atomic mass is 32.2. The summed E-state index contributed by atoms with van der Waals surface area (Å²) in [5, 5.41) is 5.07. The number of nitrogens with two attached hydrogens (primary N) is 1. The number of rotatable bonds is 4. The summed E-state index contributed by atoms with van der Waals surface area (Å²) in [5.41, 5.74) is 5.96. The Morgan fingerprint density at radius 1 is 1.48 bits per heavy atom. The summed E-state index contributed by atoms with van der Waals surface area (Å²) in [6.07, 6.45) is 0. The van der Waals surface area contributed by atoms with Crippen molar-refractivity contribution in [1.29, 1.82) is 0 Å². The predicted molar refractivity (Wildman–Crippen MR) is 88.1 cm³/mol. The Balaban J connectivity index is 2.15. The first-order valence-corrected chi connectivity index (χ1v) is 8.75. The summed E-state index contributed by atoms with van der Waals surface area (Å²) in [6.45, 7) is 0. The number of hydrogen-bond donors (Lipinski definition) is 1. The first kappa shape index (κ1) is 14.3. The molecule has 0 atom stereocenters. The molecule has 3 heterocycles. The van der Waals surface area contributed by atoms with E-state index in [-0.39, 0.29) is 11.3 Å². The number of amides is 1. The Morgan fingerprint density at radius 3 is 2.95 bits per heavy atom. The molecule has 21 heavy (non-hydrogen) atoms. The number of thiophene rings is 2. The number of carbonyl (C=O) groups is 1. The highest BCUT2D eigenvalue weighted by Crippen LogP contribution is 2.34. The second kappa shape index (κ2) is 5.63. The molecule has 108 valence electrons. The first-order chi connectivity index (χ1) is 10.1. The van der Waals surface area contributed by atoms with Gasteiger partial charge in [0.05, 0.1) is 11.1 Å². The van der Waals surface area contributed by atoms with Gasteiger partial charge in [-0.25, -0.2) is 4.98 Å². The third-order valence-corrected chi connectivity index (χ3v) is 5.73. The van der Waals surface area contributed by atoms with E-state index in [4.69, 9.17) is 5.73 Å². The molecule has 0 bridgehead atoms. The van der Waals surface area contributed by atoms with Crippen LogP contribution in [0.1, 0.15) is 0 Å². The van der Waals surface area contributed by atoms with Crippen molar-refractivity contribution >= 4 is 50.6 Å². The molecule has 5 nitrogen and oxygen atoms in total. The Morgan fingerprint density at radius 2 is 2.29 bits per heavy atom. The molecule has 0 aliphatic rings. The van der Waals surface area contributed by atoms with Gasteiger partial charge in [-0.15, -0.1) is 22.7 Å². The lowest BCUT2D eigenvalue weighted by molar-refractivity contribution is -0.115. The molecule has 0 aromatic carbocycles. The van der Waals surface area contributed by atoms with Crippen molar-refractivity contribution in [2.24, 2.45) is 12.8 Å². The predicted octanol–water partition coefficient (Wildman–Crippen LogP) is 2.30. The highest BCUT2D eigenvalue weighted by molar-refractivity contribution is 7.99. The van der Waals surface area contributed by atoms with Crippen LogP contribution in [0.3, 0.4) is 0 Å². The van der Waals surface area contributed by atoms with Gasteiger partial charge in [0.1, 0.15) is 4.83 Å². The van der Waals surface area contributed by atoms with Crippen LogP contribution < -0.4 is 11.3 Å².